The maximum absolute atomic E-state index is 12.0. The lowest BCUT2D eigenvalue weighted by atomic mass is 10.3. The van der Waals surface area contributed by atoms with Gasteiger partial charge in [-0.15, -0.1) is 11.8 Å². The summed E-state index contributed by atoms with van der Waals surface area (Å²) >= 11 is 1.35. The first-order valence-electron chi connectivity index (χ1n) is 6.36. The summed E-state index contributed by atoms with van der Waals surface area (Å²) in [5, 5.41) is 4.91. The number of nitrogens with two attached hydrogens (primary N) is 1. The van der Waals surface area contributed by atoms with E-state index < -0.39 is 5.97 Å². The first-order valence-corrected chi connectivity index (χ1v) is 7.58. The van der Waals surface area contributed by atoms with Crippen LogP contribution < -0.4 is 10.5 Å². The van der Waals surface area contributed by atoms with Gasteiger partial charge in [0.25, 0.3) is 0 Å². The molecule has 0 spiro atoms. The molecule has 0 saturated carbocycles. The molecular formula is C14H17N3O3S. The van der Waals surface area contributed by atoms with Gasteiger partial charge in [-0.1, -0.05) is 0 Å². The van der Waals surface area contributed by atoms with Crippen LogP contribution in [0.2, 0.25) is 0 Å². The first kappa shape index (κ1) is 15.2. The molecule has 0 saturated heterocycles. The number of hydrogen-bond acceptors (Lipinski definition) is 6. The predicted octanol–water partition coefficient (Wildman–Crippen LogP) is 2.36. The van der Waals surface area contributed by atoms with E-state index >= 15 is 0 Å². The topological polar surface area (TPSA) is 79.4 Å². The number of nitrogen functional groups attached to an aromatic ring is 1. The third kappa shape index (κ3) is 2.97. The summed E-state index contributed by atoms with van der Waals surface area (Å²) in [6.07, 6.45) is 1.84. The number of thioether (sulfide) groups is 1. The average Bonchev–Trinajstić information content (AvgIpc) is 2.84. The van der Waals surface area contributed by atoms with Crippen molar-refractivity contribution in [3.63, 3.8) is 0 Å². The molecule has 6 nitrogen and oxygen atoms in total. The van der Waals surface area contributed by atoms with Gasteiger partial charge in [0.05, 0.1) is 19.4 Å². The van der Waals surface area contributed by atoms with E-state index in [4.69, 9.17) is 15.2 Å². The fourth-order valence-electron chi connectivity index (χ4n) is 1.87. The van der Waals surface area contributed by atoms with Gasteiger partial charge in [-0.25, -0.2) is 9.48 Å². The van der Waals surface area contributed by atoms with Crippen LogP contribution in [-0.2, 0) is 4.74 Å². The Kier molecular flexibility index (Phi) is 4.74. The Bertz CT molecular complexity index is 638. The van der Waals surface area contributed by atoms with E-state index in [1.54, 1.807) is 26.2 Å². The van der Waals surface area contributed by atoms with Gasteiger partial charge in [0.2, 0.25) is 0 Å². The Balaban J connectivity index is 2.47. The van der Waals surface area contributed by atoms with Crippen LogP contribution in [0.25, 0.3) is 5.69 Å². The van der Waals surface area contributed by atoms with Crippen LogP contribution in [0.5, 0.6) is 5.75 Å². The number of nitrogens with zero attached hydrogens (tertiary/aromatic N) is 2. The molecular weight excluding hydrogens is 290 g/mol. The standard InChI is InChI=1S/C14H17N3O3S/c1-4-20-14(18)11-12(15)17(16-13(11)21-3)9-5-7-10(19-2)8-6-9/h5-8H,4,15H2,1-3H3. The molecule has 7 heteroatoms. The minimum atomic E-state index is -0.459. The number of esters is 1. The number of methoxy groups -OCH3 is 1. The van der Waals surface area contributed by atoms with Gasteiger partial charge in [0.1, 0.15) is 22.2 Å². The maximum Gasteiger partial charge on any atom is 0.344 e. The summed E-state index contributed by atoms with van der Waals surface area (Å²) in [4.78, 5) is 12.0. The lowest BCUT2D eigenvalue weighted by Crippen LogP contribution is -2.09. The first-order chi connectivity index (χ1) is 10.1. The van der Waals surface area contributed by atoms with Crippen LogP contribution in [0, 0.1) is 0 Å². The highest BCUT2D eigenvalue weighted by Crippen LogP contribution is 2.28. The molecule has 1 aromatic heterocycles. The molecule has 0 unspecified atom stereocenters. The van der Waals surface area contributed by atoms with Crippen molar-refractivity contribution in [3.05, 3.63) is 29.8 Å². The number of hydrogen-bond donors (Lipinski definition) is 1. The van der Waals surface area contributed by atoms with E-state index in [9.17, 15) is 4.79 Å². The Hall–Kier alpha value is -2.15. The van der Waals surface area contributed by atoms with E-state index in [1.807, 2.05) is 18.4 Å². The molecule has 2 rings (SSSR count). The van der Waals surface area contributed by atoms with Gasteiger partial charge in [-0.3, -0.25) is 0 Å². The molecule has 0 aliphatic carbocycles. The van der Waals surface area contributed by atoms with Crippen molar-refractivity contribution < 1.29 is 14.3 Å². The van der Waals surface area contributed by atoms with Gasteiger partial charge >= 0.3 is 5.97 Å². The van der Waals surface area contributed by atoms with Crippen LogP contribution in [0.4, 0.5) is 5.82 Å². The zero-order valence-corrected chi connectivity index (χ0v) is 12.9. The van der Waals surface area contributed by atoms with Gasteiger partial charge in [0, 0.05) is 0 Å². The Morgan fingerprint density at radius 3 is 2.57 bits per heavy atom. The van der Waals surface area contributed by atoms with Crippen molar-refractivity contribution in [3.8, 4) is 11.4 Å². The predicted molar refractivity (Wildman–Crippen MR) is 82.3 cm³/mol. The van der Waals surface area contributed by atoms with E-state index in [1.165, 1.54) is 16.4 Å². The Morgan fingerprint density at radius 2 is 2.05 bits per heavy atom. The summed E-state index contributed by atoms with van der Waals surface area (Å²) in [7, 11) is 1.60. The number of carbonyl (C=O) groups excluding carboxylic acids is 1. The monoisotopic (exact) mass is 307 g/mol. The van der Waals surface area contributed by atoms with Crippen molar-refractivity contribution >= 4 is 23.5 Å². The number of rotatable bonds is 5. The number of carbonyl (C=O) groups is 1. The molecule has 1 aromatic carbocycles. The molecule has 112 valence electrons. The van der Waals surface area contributed by atoms with Crippen molar-refractivity contribution in [2.24, 2.45) is 0 Å². The normalized spacial score (nSPS) is 10.4. The van der Waals surface area contributed by atoms with E-state index in [0.717, 1.165) is 11.4 Å². The molecule has 0 bridgehead atoms. The summed E-state index contributed by atoms with van der Waals surface area (Å²) in [5.74, 6) is 0.544. The van der Waals surface area contributed by atoms with E-state index in [2.05, 4.69) is 5.10 Å². The number of benzene rings is 1. The maximum atomic E-state index is 12.0. The number of aromatic nitrogens is 2. The second-order valence-electron chi connectivity index (χ2n) is 4.10. The molecule has 2 N–H and O–H groups in total. The van der Waals surface area contributed by atoms with Gasteiger partial charge in [-0.2, -0.15) is 5.10 Å². The highest BCUT2D eigenvalue weighted by Gasteiger charge is 2.23. The number of anilines is 1. The second-order valence-corrected chi connectivity index (χ2v) is 4.89. The molecule has 0 radical (unpaired) electrons. The molecule has 0 atom stereocenters. The van der Waals surface area contributed by atoms with Crippen molar-refractivity contribution in [2.75, 3.05) is 25.7 Å². The second kappa shape index (κ2) is 6.53. The van der Waals surface area contributed by atoms with Crippen molar-refractivity contribution in [1.29, 1.82) is 0 Å². The lowest BCUT2D eigenvalue weighted by Gasteiger charge is -2.06. The van der Waals surface area contributed by atoms with Crippen molar-refractivity contribution in [1.82, 2.24) is 9.78 Å². The van der Waals surface area contributed by atoms with E-state index in [0.29, 0.717) is 17.2 Å². The zero-order chi connectivity index (χ0) is 15.4. The molecule has 2 aromatic rings. The SMILES string of the molecule is CCOC(=O)c1c(SC)nn(-c2ccc(OC)cc2)c1N. The van der Waals surface area contributed by atoms with Crippen LogP contribution in [0.3, 0.4) is 0 Å². The highest BCUT2D eigenvalue weighted by atomic mass is 32.2. The summed E-state index contributed by atoms with van der Waals surface area (Å²) in [5.41, 5.74) is 7.12. The molecule has 0 amide bonds. The minimum absolute atomic E-state index is 0.267. The molecule has 1 heterocycles. The molecule has 21 heavy (non-hydrogen) atoms. The van der Waals surface area contributed by atoms with Gasteiger partial charge in [-0.05, 0) is 37.4 Å². The third-order valence-corrected chi connectivity index (χ3v) is 3.55. The average molecular weight is 307 g/mol. The number of ether oxygens (including phenoxy) is 2. The summed E-state index contributed by atoms with van der Waals surface area (Å²) in [6, 6.07) is 7.25. The van der Waals surface area contributed by atoms with Gasteiger partial charge < -0.3 is 15.2 Å². The lowest BCUT2D eigenvalue weighted by molar-refractivity contribution is 0.0523. The zero-order valence-electron chi connectivity index (χ0n) is 12.1. The highest BCUT2D eigenvalue weighted by molar-refractivity contribution is 7.98. The van der Waals surface area contributed by atoms with Crippen LogP contribution >= 0.6 is 11.8 Å². The fourth-order valence-corrected chi connectivity index (χ4v) is 2.42. The summed E-state index contributed by atoms with van der Waals surface area (Å²) < 4.78 is 11.7. The smallest absolute Gasteiger partial charge is 0.344 e. The summed E-state index contributed by atoms with van der Waals surface area (Å²) in [6.45, 7) is 2.04. The van der Waals surface area contributed by atoms with Crippen LogP contribution in [-0.4, -0.2) is 35.7 Å². The van der Waals surface area contributed by atoms with Crippen molar-refractivity contribution in [2.45, 2.75) is 11.9 Å². The van der Waals surface area contributed by atoms with Gasteiger partial charge in [0.15, 0.2) is 0 Å². The Labute approximate surface area is 127 Å². The molecule has 0 aliphatic heterocycles. The van der Waals surface area contributed by atoms with E-state index in [-0.39, 0.29) is 5.82 Å². The minimum Gasteiger partial charge on any atom is -0.497 e. The van der Waals surface area contributed by atoms with Crippen LogP contribution in [0.15, 0.2) is 29.3 Å². The van der Waals surface area contributed by atoms with Crippen LogP contribution in [0.1, 0.15) is 17.3 Å². The third-order valence-electron chi connectivity index (χ3n) is 2.88. The molecule has 0 aliphatic rings. The Morgan fingerprint density at radius 1 is 1.38 bits per heavy atom. The molecule has 0 fully saturated rings. The quantitative estimate of drug-likeness (QED) is 0.675. The fraction of sp³-hybridized carbons (Fsp3) is 0.286. The largest absolute Gasteiger partial charge is 0.497 e.